The molecule has 0 radical (unpaired) electrons. The molecule has 0 N–H and O–H groups in total. The molecule has 0 unspecified atom stereocenters. The first kappa shape index (κ1) is 29.6. The van der Waals surface area contributed by atoms with Crippen molar-refractivity contribution < 1.29 is 0 Å². The maximum absolute atomic E-state index is 5.30. The fourth-order valence-electron chi connectivity index (χ4n) is 8.28. The Labute approximate surface area is 306 Å². The third kappa shape index (κ3) is 4.68. The lowest BCUT2D eigenvalue weighted by Gasteiger charge is -2.15. The highest BCUT2D eigenvalue weighted by Crippen LogP contribution is 2.42. The van der Waals surface area contributed by atoms with Gasteiger partial charge in [0.15, 0.2) is 0 Å². The molecule has 0 amide bonds. The van der Waals surface area contributed by atoms with Gasteiger partial charge in [0.25, 0.3) is 0 Å². The minimum Gasteiger partial charge on any atom is -0.309 e. The Bertz CT molecular complexity index is 3120. The van der Waals surface area contributed by atoms with E-state index in [2.05, 4.69) is 168 Å². The van der Waals surface area contributed by atoms with Crippen molar-refractivity contribution in [2.45, 2.75) is 0 Å². The first-order valence-corrected chi connectivity index (χ1v) is 18.1. The molecule has 2 heterocycles. The van der Waals surface area contributed by atoms with E-state index < -0.39 is 0 Å². The molecule has 0 saturated heterocycles. The lowest BCUT2D eigenvalue weighted by Crippen LogP contribution is -1.97. The van der Waals surface area contributed by atoms with Crippen molar-refractivity contribution in [3.8, 4) is 39.3 Å². The van der Waals surface area contributed by atoms with Crippen LogP contribution < -0.4 is 0 Å². The van der Waals surface area contributed by atoms with Gasteiger partial charge in [0, 0.05) is 27.6 Å². The predicted molar refractivity (Wildman–Crippen MR) is 223 cm³/mol. The molecule has 0 aliphatic carbocycles. The molecule has 0 spiro atoms. The first-order valence-electron chi connectivity index (χ1n) is 18.1. The quantitative estimate of drug-likeness (QED) is 0.186. The molecular formula is C50H31N3. The van der Waals surface area contributed by atoms with Gasteiger partial charge in [0.1, 0.15) is 0 Å². The zero-order valence-electron chi connectivity index (χ0n) is 28.7. The van der Waals surface area contributed by atoms with Crippen LogP contribution in [0.25, 0.3) is 104 Å². The average Bonchev–Trinajstić information content (AvgIpc) is 3.59. The zero-order chi connectivity index (χ0) is 34.9. The summed E-state index contributed by atoms with van der Waals surface area (Å²) in [7, 11) is 0. The molecule has 3 nitrogen and oxygen atoms in total. The fraction of sp³-hybridized carbons (Fsp3) is 0. The highest BCUT2D eigenvalue weighted by atomic mass is 15.0. The summed E-state index contributed by atoms with van der Waals surface area (Å²) in [6.07, 6.45) is 0. The molecular weight excluding hydrogens is 643 g/mol. The molecule has 11 rings (SSSR count). The molecule has 0 fully saturated rings. The second-order valence-corrected chi connectivity index (χ2v) is 13.8. The minimum absolute atomic E-state index is 0.876. The van der Waals surface area contributed by atoms with Gasteiger partial charge in [-0.2, -0.15) is 0 Å². The number of nitrogens with zero attached hydrogens (tertiary/aromatic N) is 3. The first-order chi connectivity index (χ1) is 26.3. The van der Waals surface area contributed by atoms with Crippen LogP contribution in [0.2, 0.25) is 0 Å². The highest BCUT2D eigenvalue weighted by Gasteiger charge is 2.19. The smallest absolute Gasteiger partial charge is 0.0979 e. The van der Waals surface area contributed by atoms with E-state index in [4.69, 9.17) is 9.97 Å². The van der Waals surface area contributed by atoms with Crippen LogP contribution in [0.3, 0.4) is 0 Å². The van der Waals surface area contributed by atoms with Gasteiger partial charge >= 0.3 is 0 Å². The summed E-state index contributed by atoms with van der Waals surface area (Å²) >= 11 is 0. The summed E-state index contributed by atoms with van der Waals surface area (Å²) < 4.78 is 2.44. The number of hydrogen-bond acceptors (Lipinski definition) is 2. The number of aromatic nitrogens is 3. The standard InChI is InChI=1S/C50H31N3/c1-2-11-32(12-3-1)33-21-23-36(24-22-33)49-50(52-44-20-9-8-19-43(44)51-49)42-18-10-15-37-31-38(27-28-39(37)42)53-45-29-25-34-13-4-6-16-40(34)47(45)48-41-17-7-5-14-35(41)26-30-46(48)53/h1-31H. The van der Waals surface area contributed by atoms with Gasteiger partial charge in [-0.25, -0.2) is 9.97 Å². The Morgan fingerprint density at radius 1 is 0.340 bits per heavy atom. The predicted octanol–water partition coefficient (Wildman–Crippen LogP) is 13.2. The van der Waals surface area contributed by atoms with E-state index in [1.807, 2.05) is 24.3 Å². The summed E-state index contributed by atoms with van der Waals surface area (Å²) in [6, 6.07) is 67.3. The van der Waals surface area contributed by atoms with Crippen LogP contribution in [0.15, 0.2) is 188 Å². The molecule has 246 valence electrons. The Morgan fingerprint density at radius 3 is 1.57 bits per heavy atom. The molecule has 0 aliphatic heterocycles. The number of rotatable bonds is 4. The molecule has 0 saturated carbocycles. The Balaban J connectivity index is 1.12. The van der Waals surface area contributed by atoms with E-state index in [0.29, 0.717) is 0 Å². The fourth-order valence-corrected chi connectivity index (χ4v) is 8.28. The van der Waals surface area contributed by atoms with Crippen molar-refractivity contribution in [3.63, 3.8) is 0 Å². The zero-order valence-corrected chi connectivity index (χ0v) is 28.7. The molecule has 53 heavy (non-hydrogen) atoms. The Hall–Kier alpha value is -7.10. The van der Waals surface area contributed by atoms with Gasteiger partial charge in [-0.3, -0.25) is 0 Å². The van der Waals surface area contributed by atoms with Crippen LogP contribution in [0, 0.1) is 0 Å². The van der Waals surface area contributed by atoms with Gasteiger partial charge in [-0.15, -0.1) is 0 Å². The largest absolute Gasteiger partial charge is 0.309 e. The molecule has 2 aromatic heterocycles. The molecule has 3 heteroatoms. The molecule has 9 aromatic carbocycles. The van der Waals surface area contributed by atoms with E-state index >= 15 is 0 Å². The van der Waals surface area contributed by atoms with Gasteiger partial charge in [0.05, 0.1) is 33.5 Å². The highest BCUT2D eigenvalue weighted by molar-refractivity contribution is 6.28. The van der Waals surface area contributed by atoms with Gasteiger partial charge in [-0.05, 0) is 79.8 Å². The molecule has 0 atom stereocenters. The maximum atomic E-state index is 5.30. The minimum atomic E-state index is 0.876. The average molecular weight is 674 g/mol. The summed E-state index contributed by atoms with van der Waals surface area (Å²) in [5.41, 5.74) is 11.5. The van der Waals surface area contributed by atoms with Crippen molar-refractivity contribution in [1.29, 1.82) is 0 Å². The Morgan fingerprint density at radius 2 is 0.887 bits per heavy atom. The van der Waals surface area contributed by atoms with Crippen LogP contribution >= 0.6 is 0 Å². The second-order valence-electron chi connectivity index (χ2n) is 13.8. The summed E-state index contributed by atoms with van der Waals surface area (Å²) in [4.78, 5) is 10.5. The topological polar surface area (TPSA) is 30.7 Å². The van der Waals surface area contributed by atoms with Crippen LogP contribution in [0.4, 0.5) is 0 Å². The molecule has 0 aliphatic rings. The SMILES string of the molecule is c1ccc(-c2ccc(-c3nc4ccccc4nc3-c3cccc4cc(-n5c6ccc7ccccc7c6c6c7ccccc7ccc65)ccc34)cc2)cc1. The van der Waals surface area contributed by atoms with Crippen molar-refractivity contribution in [3.05, 3.63) is 188 Å². The lowest BCUT2D eigenvalue weighted by atomic mass is 9.96. The van der Waals surface area contributed by atoms with E-state index in [0.717, 1.165) is 50.0 Å². The Kier molecular flexibility index (Phi) is 6.55. The second kappa shape index (κ2) is 11.7. The van der Waals surface area contributed by atoms with Crippen LogP contribution in [-0.4, -0.2) is 14.5 Å². The van der Waals surface area contributed by atoms with E-state index in [1.54, 1.807) is 0 Å². The van der Waals surface area contributed by atoms with Crippen LogP contribution in [0.1, 0.15) is 0 Å². The molecule has 11 aromatic rings. The number of hydrogen-bond donors (Lipinski definition) is 0. The van der Waals surface area contributed by atoms with Gasteiger partial charge < -0.3 is 4.57 Å². The van der Waals surface area contributed by atoms with E-state index in [-0.39, 0.29) is 0 Å². The summed E-state index contributed by atoms with van der Waals surface area (Å²) in [5.74, 6) is 0. The van der Waals surface area contributed by atoms with Crippen molar-refractivity contribution in [2.75, 3.05) is 0 Å². The number of para-hydroxylation sites is 2. The molecule has 0 bridgehead atoms. The summed E-state index contributed by atoms with van der Waals surface area (Å²) in [5, 5.41) is 9.90. The normalized spacial score (nSPS) is 11.8. The van der Waals surface area contributed by atoms with Gasteiger partial charge in [-0.1, -0.05) is 152 Å². The van der Waals surface area contributed by atoms with Crippen LogP contribution in [-0.2, 0) is 0 Å². The third-order valence-electron chi connectivity index (χ3n) is 10.8. The maximum Gasteiger partial charge on any atom is 0.0979 e. The monoisotopic (exact) mass is 673 g/mol. The van der Waals surface area contributed by atoms with Crippen molar-refractivity contribution in [1.82, 2.24) is 14.5 Å². The van der Waals surface area contributed by atoms with Crippen molar-refractivity contribution in [2.24, 2.45) is 0 Å². The third-order valence-corrected chi connectivity index (χ3v) is 10.8. The summed E-state index contributed by atoms with van der Waals surface area (Å²) in [6.45, 7) is 0. The van der Waals surface area contributed by atoms with Crippen LogP contribution in [0.5, 0.6) is 0 Å². The number of fused-ring (bicyclic) bond motifs is 9. The van der Waals surface area contributed by atoms with E-state index in [1.165, 1.54) is 54.5 Å². The lowest BCUT2D eigenvalue weighted by molar-refractivity contribution is 1.19. The van der Waals surface area contributed by atoms with Gasteiger partial charge in [0.2, 0.25) is 0 Å². The number of benzene rings is 9. The van der Waals surface area contributed by atoms with E-state index in [9.17, 15) is 0 Å². The van der Waals surface area contributed by atoms with Crippen molar-refractivity contribution >= 4 is 65.2 Å².